The van der Waals surface area contributed by atoms with Crippen molar-refractivity contribution in [3.05, 3.63) is 47.5 Å². The number of phenols is 1. The summed E-state index contributed by atoms with van der Waals surface area (Å²) in [5, 5.41) is 17.1. The van der Waals surface area contributed by atoms with Gasteiger partial charge in [-0.1, -0.05) is 0 Å². The van der Waals surface area contributed by atoms with Gasteiger partial charge in [0, 0.05) is 24.3 Å². The smallest absolute Gasteiger partial charge is 0.123 e. The minimum absolute atomic E-state index is 0.108. The lowest BCUT2D eigenvalue weighted by molar-refractivity contribution is 0.443. The molecule has 1 aromatic heterocycles. The van der Waals surface area contributed by atoms with E-state index in [1.54, 1.807) is 0 Å². The third-order valence-electron chi connectivity index (χ3n) is 3.01. The normalized spacial score (nSPS) is 12.6. The van der Waals surface area contributed by atoms with E-state index in [0.29, 0.717) is 12.1 Å². The monoisotopic (exact) mass is 263 g/mol. The number of hydrogen-bond donors (Lipinski definition) is 2. The SMILES string of the molecule is Cc1cnn(CCNC(C)c2cc(F)ccc2O)c1. The van der Waals surface area contributed by atoms with Crippen molar-refractivity contribution in [2.45, 2.75) is 26.4 Å². The third kappa shape index (κ3) is 3.54. The zero-order chi connectivity index (χ0) is 13.8. The van der Waals surface area contributed by atoms with Gasteiger partial charge in [0.1, 0.15) is 11.6 Å². The van der Waals surface area contributed by atoms with Gasteiger partial charge in [-0.2, -0.15) is 5.10 Å². The van der Waals surface area contributed by atoms with Gasteiger partial charge in [0.05, 0.1) is 12.7 Å². The number of nitrogens with zero attached hydrogens (tertiary/aromatic N) is 2. The van der Waals surface area contributed by atoms with Crippen molar-refractivity contribution in [2.75, 3.05) is 6.54 Å². The molecule has 0 saturated carbocycles. The summed E-state index contributed by atoms with van der Waals surface area (Å²) in [7, 11) is 0. The van der Waals surface area contributed by atoms with E-state index in [0.717, 1.165) is 12.1 Å². The Morgan fingerprint density at radius 2 is 2.26 bits per heavy atom. The number of aromatic nitrogens is 2. The van der Waals surface area contributed by atoms with Crippen molar-refractivity contribution in [3.63, 3.8) is 0 Å². The average Bonchev–Trinajstić information content (AvgIpc) is 2.78. The van der Waals surface area contributed by atoms with Gasteiger partial charge in [0.2, 0.25) is 0 Å². The Morgan fingerprint density at radius 3 is 2.95 bits per heavy atom. The summed E-state index contributed by atoms with van der Waals surface area (Å²) in [6.45, 7) is 5.31. The van der Waals surface area contributed by atoms with Gasteiger partial charge in [-0.05, 0) is 37.6 Å². The fourth-order valence-electron chi connectivity index (χ4n) is 1.97. The second-order valence-corrected chi connectivity index (χ2v) is 4.66. The summed E-state index contributed by atoms with van der Waals surface area (Å²) < 4.78 is 15.0. The summed E-state index contributed by atoms with van der Waals surface area (Å²) in [6.07, 6.45) is 3.77. The predicted molar refractivity (Wildman–Crippen MR) is 71.4 cm³/mol. The first-order valence-electron chi connectivity index (χ1n) is 6.27. The molecule has 1 heterocycles. The van der Waals surface area contributed by atoms with Gasteiger partial charge < -0.3 is 10.4 Å². The molecule has 0 spiro atoms. The fraction of sp³-hybridized carbons (Fsp3) is 0.357. The Bertz CT molecular complexity index is 553. The maximum absolute atomic E-state index is 13.1. The Labute approximate surface area is 111 Å². The first kappa shape index (κ1) is 13.5. The molecule has 0 fully saturated rings. The van der Waals surface area contributed by atoms with E-state index < -0.39 is 0 Å². The molecular weight excluding hydrogens is 245 g/mol. The third-order valence-corrected chi connectivity index (χ3v) is 3.01. The number of nitrogens with one attached hydrogen (secondary N) is 1. The van der Waals surface area contributed by atoms with Crippen LogP contribution >= 0.6 is 0 Å². The molecular formula is C14H18FN3O. The Balaban J connectivity index is 1.90. The molecule has 0 saturated heterocycles. The maximum Gasteiger partial charge on any atom is 0.123 e. The summed E-state index contributed by atoms with van der Waals surface area (Å²) in [6, 6.07) is 3.86. The Hall–Kier alpha value is -1.88. The molecule has 2 aromatic rings. The zero-order valence-corrected chi connectivity index (χ0v) is 11.1. The quantitative estimate of drug-likeness (QED) is 0.871. The van der Waals surface area contributed by atoms with Crippen LogP contribution in [-0.4, -0.2) is 21.4 Å². The standard InChI is InChI=1S/C14H18FN3O/c1-10-8-17-18(9-10)6-5-16-11(2)13-7-12(15)3-4-14(13)19/h3-4,7-9,11,16,19H,5-6H2,1-2H3. The Morgan fingerprint density at radius 1 is 1.47 bits per heavy atom. The van der Waals surface area contributed by atoms with Gasteiger partial charge in [0.25, 0.3) is 0 Å². The van der Waals surface area contributed by atoms with Crippen LogP contribution in [0.4, 0.5) is 4.39 Å². The van der Waals surface area contributed by atoms with Crippen molar-refractivity contribution in [1.29, 1.82) is 0 Å². The molecule has 1 aromatic carbocycles. The van der Waals surface area contributed by atoms with E-state index in [2.05, 4.69) is 10.4 Å². The number of aryl methyl sites for hydroxylation is 1. The van der Waals surface area contributed by atoms with E-state index in [9.17, 15) is 9.50 Å². The molecule has 0 aliphatic rings. The average molecular weight is 263 g/mol. The highest BCUT2D eigenvalue weighted by molar-refractivity contribution is 5.34. The molecule has 0 aliphatic carbocycles. The van der Waals surface area contributed by atoms with Crippen LogP contribution in [0, 0.1) is 12.7 Å². The van der Waals surface area contributed by atoms with Gasteiger partial charge in [-0.15, -0.1) is 0 Å². The van der Waals surface area contributed by atoms with Crippen molar-refractivity contribution in [1.82, 2.24) is 15.1 Å². The van der Waals surface area contributed by atoms with Crippen LogP contribution in [0.15, 0.2) is 30.6 Å². The van der Waals surface area contributed by atoms with E-state index in [1.807, 2.05) is 30.9 Å². The highest BCUT2D eigenvalue weighted by Gasteiger charge is 2.10. The number of aromatic hydroxyl groups is 1. The highest BCUT2D eigenvalue weighted by atomic mass is 19.1. The van der Waals surface area contributed by atoms with Crippen LogP contribution in [0.5, 0.6) is 5.75 Å². The van der Waals surface area contributed by atoms with Crippen molar-refractivity contribution in [2.24, 2.45) is 0 Å². The second kappa shape index (κ2) is 5.84. The zero-order valence-electron chi connectivity index (χ0n) is 11.1. The van der Waals surface area contributed by atoms with Gasteiger partial charge in [-0.25, -0.2) is 4.39 Å². The van der Waals surface area contributed by atoms with Crippen LogP contribution in [-0.2, 0) is 6.54 Å². The minimum atomic E-state index is -0.343. The summed E-state index contributed by atoms with van der Waals surface area (Å²) in [5.74, 6) is -0.236. The van der Waals surface area contributed by atoms with Crippen LogP contribution in [0.2, 0.25) is 0 Å². The summed E-state index contributed by atoms with van der Waals surface area (Å²) in [5.41, 5.74) is 1.69. The number of rotatable bonds is 5. The lowest BCUT2D eigenvalue weighted by atomic mass is 10.1. The van der Waals surface area contributed by atoms with Crippen molar-refractivity contribution in [3.8, 4) is 5.75 Å². The topological polar surface area (TPSA) is 50.1 Å². The lowest BCUT2D eigenvalue weighted by Gasteiger charge is -2.15. The molecule has 0 bridgehead atoms. The summed E-state index contributed by atoms with van der Waals surface area (Å²) in [4.78, 5) is 0. The largest absolute Gasteiger partial charge is 0.508 e. The van der Waals surface area contributed by atoms with Gasteiger partial charge >= 0.3 is 0 Å². The maximum atomic E-state index is 13.1. The molecule has 1 atom stereocenters. The predicted octanol–water partition coefficient (Wildman–Crippen LogP) is 2.39. The van der Waals surface area contributed by atoms with Crippen LogP contribution in [0.3, 0.4) is 0 Å². The van der Waals surface area contributed by atoms with Gasteiger partial charge in [0.15, 0.2) is 0 Å². The van der Waals surface area contributed by atoms with E-state index >= 15 is 0 Å². The lowest BCUT2D eigenvalue weighted by Crippen LogP contribution is -2.23. The molecule has 2 rings (SSSR count). The first-order chi connectivity index (χ1) is 9.06. The number of halogens is 1. The molecule has 102 valence electrons. The van der Waals surface area contributed by atoms with E-state index in [1.165, 1.54) is 18.2 Å². The summed E-state index contributed by atoms with van der Waals surface area (Å²) >= 11 is 0. The molecule has 0 radical (unpaired) electrons. The van der Waals surface area contributed by atoms with Crippen molar-refractivity contribution < 1.29 is 9.50 Å². The first-order valence-corrected chi connectivity index (χ1v) is 6.27. The number of hydrogen-bond acceptors (Lipinski definition) is 3. The molecule has 2 N–H and O–H groups in total. The number of phenolic OH excluding ortho intramolecular Hbond substituents is 1. The van der Waals surface area contributed by atoms with Crippen molar-refractivity contribution >= 4 is 0 Å². The molecule has 4 nitrogen and oxygen atoms in total. The second-order valence-electron chi connectivity index (χ2n) is 4.66. The van der Waals surface area contributed by atoms with E-state index in [4.69, 9.17) is 0 Å². The Kier molecular flexibility index (Phi) is 4.16. The molecule has 19 heavy (non-hydrogen) atoms. The highest BCUT2D eigenvalue weighted by Crippen LogP contribution is 2.24. The van der Waals surface area contributed by atoms with E-state index in [-0.39, 0.29) is 17.6 Å². The van der Waals surface area contributed by atoms with Crippen LogP contribution < -0.4 is 5.32 Å². The molecule has 0 amide bonds. The van der Waals surface area contributed by atoms with Crippen LogP contribution in [0.25, 0.3) is 0 Å². The van der Waals surface area contributed by atoms with Gasteiger partial charge in [-0.3, -0.25) is 4.68 Å². The molecule has 5 heteroatoms. The molecule has 1 unspecified atom stereocenters. The number of benzene rings is 1. The minimum Gasteiger partial charge on any atom is -0.508 e. The van der Waals surface area contributed by atoms with Crippen LogP contribution in [0.1, 0.15) is 24.1 Å². The fourth-order valence-corrected chi connectivity index (χ4v) is 1.97. The molecule has 0 aliphatic heterocycles.